The smallest absolute Gasteiger partial charge is 0.341 e. The zero-order valence-electron chi connectivity index (χ0n) is 16.4. The number of amides is 1. The topological polar surface area (TPSA) is 81.7 Å². The first-order valence-corrected chi connectivity index (χ1v) is 9.82. The van der Waals surface area contributed by atoms with E-state index < -0.39 is 24.5 Å². The summed E-state index contributed by atoms with van der Waals surface area (Å²) in [5.41, 5.74) is 1.92. The molecule has 0 saturated heterocycles. The summed E-state index contributed by atoms with van der Waals surface area (Å²) in [4.78, 5) is 37.3. The number of methoxy groups -OCH3 is 1. The highest BCUT2D eigenvalue weighted by atomic mass is 32.1. The molecule has 3 rings (SSSR count). The minimum absolute atomic E-state index is 0.0687. The number of benzene rings is 2. The number of fused-ring (bicyclic) bond motifs is 1. The third-order valence-electron chi connectivity index (χ3n) is 4.61. The van der Waals surface area contributed by atoms with Crippen LogP contribution in [0.2, 0.25) is 0 Å². The van der Waals surface area contributed by atoms with E-state index in [0.717, 1.165) is 26.8 Å². The molecule has 0 bridgehead atoms. The number of thiophene rings is 1. The van der Waals surface area contributed by atoms with Crippen molar-refractivity contribution in [2.75, 3.05) is 19.0 Å². The summed E-state index contributed by atoms with van der Waals surface area (Å²) >= 11 is 1.28. The van der Waals surface area contributed by atoms with Gasteiger partial charge in [-0.25, -0.2) is 4.79 Å². The van der Waals surface area contributed by atoms with Crippen LogP contribution in [0.15, 0.2) is 42.5 Å². The van der Waals surface area contributed by atoms with Crippen LogP contribution in [0.3, 0.4) is 0 Å². The molecule has 0 atom stereocenters. The summed E-state index contributed by atoms with van der Waals surface area (Å²) in [6.45, 7) is 3.21. The number of nitrogens with one attached hydrogen (secondary N) is 1. The Hall–Kier alpha value is -3.19. The number of hydrogen-bond acceptors (Lipinski definition) is 6. The van der Waals surface area contributed by atoms with Gasteiger partial charge in [0.05, 0.1) is 19.1 Å². The average Bonchev–Trinajstić information content (AvgIpc) is 2.99. The van der Waals surface area contributed by atoms with Crippen molar-refractivity contribution in [3.05, 3.63) is 64.0 Å². The van der Waals surface area contributed by atoms with Crippen molar-refractivity contribution in [1.29, 1.82) is 0 Å². The third-order valence-corrected chi connectivity index (χ3v) is 5.73. The summed E-state index contributed by atoms with van der Waals surface area (Å²) < 4.78 is 9.91. The van der Waals surface area contributed by atoms with Gasteiger partial charge in [-0.1, -0.05) is 42.5 Å². The molecular formula is C22H21NO5S. The molecule has 0 spiro atoms. The first-order valence-electron chi connectivity index (χ1n) is 9.01. The van der Waals surface area contributed by atoms with Crippen LogP contribution in [0.5, 0.6) is 0 Å². The maximum absolute atomic E-state index is 12.2. The Morgan fingerprint density at radius 1 is 1.03 bits per heavy atom. The van der Waals surface area contributed by atoms with E-state index in [2.05, 4.69) is 5.32 Å². The van der Waals surface area contributed by atoms with E-state index in [1.165, 1.54) is 18.4 Å². The van der Waals surface area contributed by atoms with Crippen molar-refractivity contribution >= 4 is 45.0 Å². The van der Waals surface area contributed by atoms with Crippen molar-refractivity contribution in [3.8, 4) is 0 Å². The number of anilines is 1. The normalized spacial score (nSPS) is 10.6. The van der Waals surface area contributed by atoms with Crippen LogP contribution in [-0.2, 0) is 25.5 Å². The van der Waals surface area contributed by atoms with Gasteiger partial charge in [-0.15, -0.1) is 11.3 Å². The van der Waals surface area contributed by atoms with E-state index in [-0.39, 0.29) is 6.42 Å². The average molecular weight is 411 g/mol. The predicted molar refractivity (Wildman–Crippen MR) is 112 cm³/mol. The Labute approximate surface area is 172 Å². The quantitative estimate of drug-likeness (QED) is 0.620. The molecule has 3 aromatic rings. The van der Waals surface area contributed by atoms with Crippen LogP contribution in [0, 0.1) is 13.8 Å². The number of rotatable bonds is 6. The Bertz CT molecular complexity index is 1080. The molecule has 7 heteroatoms. The standard InChI is InChI=1S/C22H21NO5S/c1-13-14(2)29-21(20(13)22(26)27-3)23-18(24)12-28-19(25)11-16-9-6-8-15-7-4-5-10-17(15)16/h4-10H,11-12H2,1-3H3,(H,23,24). The van der Waals surface area contributed by atoms with Gasteiger partial charge in [-0.05, 0) is 35.7 Å². The minimum atomic E-state index is -0.518. The maximum atomic E-state index is 12.2. The second-order valence-electron chi connectivity index (χ2n) is 6.50. The molecule has 0 unspecified atom stereocenters. The summed E-state index contributed by atoms with van der Waals surface area (Å²) in [6.07, 6.45) is 0.0687. The van der Waals surface area contributed by atoms with Crippen molar-refractivity contribution in [3.63, 3.8) is 0 Å². The number of esters is 2. The number of aryl methyl sites for hydroxylation is 1. The fraction of sp³-hybridized carbons (Fsp3) is 0.227. The highest BCUT2D eigenvalue weighted by Crippen LogP contribution is 2.32. The van der Waals surface area contributed by atoms with E-state index in [1.54, 1.807) is 6.92 Å². The largest absolute Gasteiger partial charge is 0.465 e. The van der Waals surface area contributed by atoms with E-state index in [4.69, 9.17) is 9.47 Å². The van der Waals surface area contributed by atoms with Crippen LogP contribution < -0.4 is 5.32 Å². The molecule has 1 amide bonds. The van der Waals surface area contributed by atoms with E-state index in [0.29, 0.717) is 10.6 Å². The van der Waals surface area contributed by atoms with Crippen LogP contribution >= 0.6 is 11.3 Å². The first kappa shape index (κ1) is 20.5. The fourth-order valence-corrected chi connectivity index (χ4v) is 4.09. The van der Waals surface area contributed by atoms with Crippen molar-refractivity contribution in [2.24, 2.45) is 0 Å². The van der Waals surface area contributed by atoms with E-state index in [9.17, 15) is 14.4 Å². The van der Waals surface area contributed by atoms with Gasteiger partial charge < -0.3 is 14.8 Å². The van der Waals surface area contributed by atoms with Crippen LogP contribution in [-0.4, -0.2) is 31.6 Å². The van der Waals surface area contributed by atoms with Crippen molar-refractivity contribution in [2.45, 2.75) is 20.3 Å². The molecular weight excluding hydrogens is 390 g/mol. The Morgan fingerprint density at radius 3 is 2.52 bits per heavy atom. The van der Waals surface area contributed by atoms with E-state index >= 15 is 0 Å². The van der Waals surface area contributed by atoms with E-state index in [1.807, 2.05) is 49.4 Å². The van der Waals surface area contributed by atoms with Crippen LogP contribution in [0.25, 0.3) is 10.8 Å². The zero-order valence-corrected chi connectivity index (χ0v) is 17.2. The summed E-state index contributed by atoms with van der Waals surface area (Å²) in [5, 5.41) is 5.04. The minimum Gasteiger partial charge on any atom is -0.465 e. The Balaban J connectivity index is 1.62. The summed E-state index contributed by atoms with van der Waals surface area (Å²) in [5.74, 6) is -1.53. The first-order chi connectivity index (χ1) is 13.9. The molecule has 0 radical (unpaired) electrons. The fourth-order valence-electron chi connectivity index (χ4n) is 3.02. The second-order valence-corrected chi connectivity index (χ2v) is 7.73. The number of ether oxygens (including phenoxy) is 2. The molecule has 29 heavy (non-hydrogen) atoms. The van der Waals surface area contributed by atoms with Gasteiger partial charge in [-0.2, -0.15) is 0 Å². The van der Waals surface area contributed by atoms with Crippen LogP contribution in [0.4, 0.5) is 5.00 Å². The van der Waals surface area contributed by atoms with Gasteiger partial charge in [-0.3, -0.25) is 9.59 Å². The molecule has 0 aliphatic rings. The van der Waals surface area contributed by atoms with Gasteiger partial charge in [0.2, 0.25) is 0 Å². The SMILES string of the molecule is COC(=O)c1c(NC(=O)COC(=O)Cc2cccc3ccccc23)sc(C)c1C. The monoisotopic (exact) mass is 411 g/mol. The number of hydrogen-bond donors (Lipinski definition) is 1. The third kappa shape index (κ3) is 4.63. The predicted octanol–water partition coefficient (Wildman–Crippen LogP) is 4.03. The van der Waals surface area contributed by atoms with Gasteiger partial charge in [0.1, 0.15) is 5.00 Å². The number of carbonyl (C=O) groups is 3. The van der Waals surface area contributed by atoms with Gasteiger partial charge in [0.25, 0.3) is 5.91 Å². The highest BCUT2D eigenvalue weighted by Gasteiger charge is 2.22. The molecule has 0 saturated carbocycles. The number of carbonyl (C=O) groups excluding carboxylic acids is 3. The zero-order chi connectivity index (χ0) is 21.0. The van der Waals surface area contributed by atoms with Crippen LogP contribution in [0.1, 0.15) is 26.4 Å². The molecule has 1 N–H and O–H groups in total. The van der Waals surface area contributed by atoms with Gasteiger partial charge >= 0.3 is 11.9 Å². The van der Waals surface area contributed by atoms with Crippen molar-refractivity contribution < 1.29 is 23.9 Å². The summed E-state index contributed by atoms with van der Waals surface area (Å²) in [7, 11) is 1.29. The molecule has 1 heterocycles. The molecule has 0 aliphatic heterocycles. The lowest BCUT2D eigenvalue weighted by molar-refractivity contribution is -0.146. The van der Waals surface area contributed by atoms with Crippen molar-refractivity contribution in [1.82, 2.24) is 0 Å². The Kier molecular flexibility index (Phi) is 6.29. The second kappa shape index (κ2) is 8.87. The highest BCUT2D eigenvalue weighted by molar-refractivity contribution is 7.16. The lowest BCUT2D eigenvalue weighted by Gasteiger charge is -2.08. The molecule has 1 aromatic heterocycles. The maximum Gasteiger partial charge on any atom is 0.341 e. The molecule has 0 fully saturated rings. The van der Waals surface area contributed by atoms with Gasteiger partial charge in [0, 0.05) is 4.88 Å². The molecule has 6 nitrogen and oxygen atoms in total. The molecule has 2 aromatic carbocycles. The summed E-state index contributed by atoms with van der Waals surface area (Å²) in [6, 6.07) is 13.5. The van der Waals surface area contributed by atoms with Gasteiger partial charge in [0.15, 0.2) is 6.61 Å². The molecule has 0 aliphatic carbocycles. The molecule has 150 valence electrons. The lowest BCUT2D eigenvalue weighted by atomic mass is 10.0. The Morgan fingerprint density at radius 2 is 1.76 bits per heavy atom. The lowest BCUT2D eigenvalue weighted by Crippen LogP contribution is -2.22.